The monoisotopic (exact) mass is 248 g/mol. The number of nitrogens with zero attached hydrogens (tertiary/aromatic N) is 1. The van der Waals surface area contributed by atoms with Gasteiger partial charge in [-0.3, -0.25) is 4.79 Å². The zero-order chi connectivity index (χ0) is 13.1. The summed E-state index contributed by atoms with van der Waals surface area (Å²) >= 11 is 0. The first kappa shape index (κ1) is 12.9. The SMILES string of the molecule is CC1CCNC(C(=O)N(C)c2cccc(O)c2)C1. The van der Waals surface area contributed by atoms with Gasteiger partial charge in [-0.1, -0.05) is 13.0 Å². The highest BCUT2D eigenvalue weighted by atomic mass is 16.3. The minimum Gasteiger partial charge on any atom is -0.508 e. The van der Waals surface area contributed by atoms with Crippen LogP contribution in [0.2, 0.25) is 0 Å². The fourth-order valence-corrected chi connectivity index (χ4v) is 2.36. The lowest BCUT2D eigenvalue weighted by Crippen LogP contribution is -2.49. The molecule has 0 saturated carbocycles. The third-order valence-electron chi connectivity index (χ3n) is 3.51. The third-order valence-corrected chi connectivity index (χ3v) is 3.51. The Morgan fingerprint density at radius 3 is 2.94 bits per heavy atom. The van der Waals surface area contributed by atoms with Crippen molar-refractivity contribution >= 4 is 11.6 Å². The summed E-state index contributed by atoms with van der Waals surface area (Å²) in [6.45, 7) is 3.07. The molecular weight excluding hydrogens is 228 g/mol. The van der Waals surface area contributed by atoms with Crippen molar-refractivity contribution in [2.24, 2.45) is 5.92 Å². The summed E-state index contributed by atoms with van der Waals surface area (Å²) in [5.41, 5.74) is 0.722. The van der Waals surface area contributed by atoms with E-state index in [-0.39, 0.29) is 17.7 Å². The van der Waals surface area contributed by atoms with E-state index < -0.39 is 0 Å². The Kier molecular flexibility index (Phi) is 3.87. The van der Waals surface area contributed by atoms with Crippen molar-refractivity contribution in [3.8, 4) is 5.75 Å². The predicted molar refractivity (Wildman–Crippen MR) is 71.7 cm³/mol. The van der Waals surface area contributed by atoms with Gasteiger partial charge in [-0.05, 0) is 37.4 Å². The normalized spacial score (nSPS) is 23.7. The van der Waals surface area contributed by atoms with Crippen molar-refractivity contribution in [3.63, 3.8) is 0 Å². The molecule has 0 radical (unpaired) electrons. The van der Waals surface area contributed by atoms with Crippen LogP contribution in [0, 0.1) is 5.92 Å². The van der Waals surface area contributed by atoms with Crippen LogP contribution in [0.4, 0.5) is 5.69 Å². The molecule has 1 aliphatic heterocycles. The second kappa shape index (κ2) is 5.40. The first-order chi connectivity index (χ1) is 8.58. The minimum absolute atomic E-state index is 0.0622. The van der Waals surface area contributed by atoms with Gasteiger partial charge in [0.15, 0.2) is 0 Å². The minimum atomic E-state index is -0.110. The maximum atomic E-state index is 12.3. The Hall–Kier alpha value is -1.55. The van der Waals surface area contributed by atoms with Gasteiger partial charge >= 0.3 is 0 Å². The number of amides is 1. The number of phenols is 1. The Balaban J connectivity index is 2.08. The summed E-state index contributed by atoms with van der Waals surface area (Å²) in [4.78, 5) is 13.9. The standard InChI is InChI=1S/C14H20N2O2/c1-10-6-7-15-13(8-10)14(18)16(2)11-4-3-5-12(17)9-11/h3-5,9-10,13,15,17H,6-8H2,1-2H3. The van der Waals surface area contributed by atoms with Gasteiger partial charge in [0.05, 0.1) is 6.04 Å². The van der Waals surface area contributed by atoms with E-state index >= 15 is 0 Å². The van der Waals surface area contributed by atoms with Crippen LogP contribution < -0.4 is 10.2 Å². The quantitative estimate of drug-likeness (QED) is 0.838. The molecule has 2 unspecified atom stereocenters. The molecule has 1 aromatic carbocycles. The van der Waals surface area contributed by atoms with Crippen LogP contribution in [0.25, 0.3) is 0 Å². The summed E-state index contributed by atoms with van der Waals surface area (Å²) in [5, 5.41) is 12.7. The molecule has 1 aliphatic rings. The van der Waals surface area contributed by atoms with Crippen LogP contribution in [0.15, 0.2) is 24.3 Å². The van der Waals surface area contributed by atoms with Crippen LogP contribution in [0.3, 0.4) is 0 Å². The maximum absolute atomic E-state index is 12.3. The number of benzene rings is 1. The lowest BCUT2D eigenvalue weighted by atomic mass is 9.93. The van der Waals surface area contributed by atoms with E-state index in [1.807, 2.05) is 6.07 Å². The molecule has 1 heterocycles. The second-order valence-corrected chi connectivity index (χ2v) is 5.05. The maximum Gasteiger partial charge on any atom is 0.243 e. The van der Waals surface area contributed by atoms with Crippen molar-refractivity contribution in [1.82, 2.24) is 5.32 Å². The molecule has 0 aromatic heterocycles. The van der Waals surface area contributed by atoms with Gasteiger partial charge in [0, 0.05) is 18.8 Å². The summed E-state index contributed by atoms with van der Waals surface area (Å²) < 4.78 is 0. The Labute approximate surface area is 108 Å². The van der Waals surface area contributed by atoms with Crippen LogP contribution in [-0.2, 0) is 4.79 Å². The first-order valence-corrected chi connectivity index (χ1v) is 6.38. The van der Waals surface area contributed by atoms with E-state index in [0.717, 1.165) is 25.1 Å². The van der Waals surface area contributed by atoms with E-state index in [9.17, 15) is 9.90 Å². The number of anilines is 1. The average molecular weight is 248 g/mol. The van der Waals surface area contributed by atoms with E-state index in [0.29, 0.717) is 5.92 Å². The van der Waals surface area contributed by atoms with Crippen molar-refractivity contribution in [2.45, 2.75) is 25.8 Å². The van der Waals surface area contributed by atoms with Crippen LogP contribution in [-0.4, -0.2) is 30.6 Å². The smallest absolute Gasteiger partial charge is 0.243 e. The molecule has 18 heavy (non-hydrogen) atoms. The lowest BCUT2D eigenvalue weighted by Gasteiger charge is -2.30. The Morgan fingerprint density at radius 2 is 2.28 bits per heavy atom. The topological polar surface area (TPSA) is 52.6 Å². The van der Waals surface area contributed by atoms with E-state index in [1.165, 1.54) is 0 Å². The summed E-state index contributed by atoms with van der Waals surface area (Å²) in [5.74, 6) is 0.821. The number of carbonyl (C=O) groups excluding carboxylic acids is 1. The number of hydrogen-bond donors (Lipinski definition) is 2. The highest BCUT2D eigenvalue weighted by Gasteiger charge is 2.27. The number of aromatic hydroxyl groups is 1. The molecule has 0 spiro atoms. The number of phenolic OH excluding ortho intramolecular Hbond substituents is 1. The highest BCUT2D eigenvalue weighted by molar-refractivity contribution is 5.96. The first-order valence-electron chi connectivity index (χ1n) is 6.38. The fraction of sp³-hybridized carbons (Fsp3) is 0.500. The summed E-state index contributed by atoms with van der Waals surface area (Å²) in [6.07, 6.45) is 2.00. The summed E-state index contributed by atoms with van der Waals surface area (Å²) in [7, 11) is 1.75. The van der Waals surface area contributed by atoms with Crippen LogP contribution >= 0.6 is 0 Å². The molecule has 1 fully saturated rings. The molecule has 2 N–H and O–H groups in total. The van der Waals surface area contributed by atoms with E-state index in [4.69, 9.17) is 0 Å². The fourth-order valence-electron chi connectivity index (χ4n) is 2.36. The largest absolute Gasteiger partial charge is 0.508 e. The number of carbonyl (C=O) groups is 1. The third kappa shape index (κ3) is 2.82. The molecule has 1 amide bonds. The Bertz CT molecular complexity index is 434. The average Bonchev–Trinajstić information content (AvgIpc) is 2.37. The lowest BCUT2D eigenvalue weighted by molar-refractivity contribution is -0.121. The molecule has 2 rings (SSSR count). The summed E-state index contributed by atoms with van der Waals surface area (Å²) in [6, 6.07) is 6.66. The number of rotatable bonds is 2. The van der Waals surface area contributed by atoms with Crippen LogP contribution in [0.1, 0.15) is 19.8 Å². The highest BCUT2D eigenvalue weighted by Crippen LogP contribution is 2.22. The number of piperidine rings is 1. The zero-order valence-corrected chi connectivity index (χ0v) is 10.9. The zero-order valence-electron chi connectivity index (χ0n) is 10.9. The van der Waals surface area contributed by atoms with Gasteiger partial charge < -0.3 is 15.3 Å². The van der Waals surface area contributed by atoms with E-state index in [1.54, 1.807) is 30.1 Å². The molecule has 1 saturated heterocycles. The molecule has 4 nitrogen and oxygen atoms in total. The molecule has 0 aliphatic carbocycles. The molecule has 2 atom stereocenters. The predicted octanol–water partition coefficient (Wildman–Crippen LogP) is 1.74. The van der Waals surface area contributed by atoms with Gasteiger partial charge in [0.2, 0.25) is 5.91 Å². The Morgan fingerprint density at radius 1 is 1.50 bits per heavy atom. The van der Waals surface area contributed by atoms with Gasteiger partial charge in [-0.25, -0.2) is 0 Å². The second-order valence-electron chi connectivity index (χ2n) is 5.05. The van der Waals surface area contributed by atoms with Crippen molar-refractivity contribution in [1.29, 1.82) is 0 Å². The van der Waals surface area contributed by atoms with Gasteiger partial charge in [-0.15, -0.1) is 0 Å². The molecule has 0 bridgehead atoms. The molecule has 4 heteroatoms. The van der Waals surface area contributed by atoms with Crippen molar-refractivity contribution < 1.29 is 9.90 Å². The van der Waals surface area contributed by atoms with Crippen molar-refractivity contribution in [2.75, 3.05) is 18.5 Å². The van der Waals surface area contributed by atoms with E-state index in [2.05, 4.69) is 12.2 Å². The van der Waals surface area contributed by atoms with Gasteiger partial charge in [0.25, 0.3) is 0 Å². The van der Waals surface area contributed by atoms with Gasteiger partial charge in [0.1, 0.15) is 5.75 Å². The molecule has 1 aromatic rings. The number of likely N-dealkylation sites (N-methyl/N-ethyl adjacent to an activating group) is 1. The number of nitrogens with one attached hydrogen (secondary N) is 1. The van der Waals surface area contributed by atoms with Gasteiger partial charge in [-0.2, -0.15) is 0 Å². The van der Waals surface area contributed by atoms with Crippen molar-refractivity contribution in [3.05, 3.63) is 24.3 Å². The molecule has 98 valence electrons. The number of hydrogen-bond acceptors (Lipinski definition) is 3. The van der Waals surface area contributed by atoms with Crippen LogP contribution in [0.5, 0.6) is 5.75 Å². The molecular formula is C14H20N2O2.